The van der Waals surface area contributed by atoms with Crippen LogP contribution in [0.1, 0.15) is 40.1 Å². The molecular formula is C19H20ClN3O5S. The molecule has 0 radical (unpaired) electrons. The minimum absolute atomic E-state index is 0.119. The first-order chi connectivity index (χ1) is 13.8. The van der Waals surface area contributed by atoms with Crippen LogP contribution in [0.25, 0.3) is 0 Å². The Morgan fingerprint density at radius 3 is 2.62 bits per heavy atom. The van der Waals surface area contributed by atoms with Crippen LogP contribution in [0.5, 0.6) is 5.75 Å². The number of halogens is 1. The molecule has 1 aliphatic carbocycles. The highest BCUT2D eigenvalue weighted by Gasteiger charge is 2.27. The number of aromatic nitrogens is 1. The molecule has 2 aromatic rings. The molecule has 0 saturated heterocycles. The normalized spacial score (nSPS) is 14.0. The van der Waals surface area contributed by atoms with Gasteiger partial charge in [0.25, 0.3) is 5.91 Å². The molecule has 3 amide bonds. The van der Waals surface area contributed by atoms with Gasteiger partial charge in [-0.05, 0) is 51.0 Å². The number of esters is 1. The van der Waals surface area contributed by atoms with Crippen molar-refractivity contribution >= 4 is 40.8 Å². The molecule has 1 saturated carbocycles. The third-order valence-corrected chi connectivity index (χ3v) is 5.37. The molecule has 1 atom stereocenters. The molecule has 1 aliphatic rings. The molecule has 1 heterocycles. The van der Waals surface area contributed by atoms with E-state index in [4.69, 9.17) is 21.1 Å². The van der Waals surface area contributed by atoms with Gasteiger partial charge in [-0.1, -0.05) is 11.6 Å². The average molecular weight is 438 g/mol. The Morgan fingerprint density at radius 1 is 1.28 bits per heavy atom. The highest BCUT2D eigenvalue weighted by molar-refractivity contribution is 7.13. The number of nitrogens with zero attached hydrogens (tertiary/aromatic N) is 1. The van der Waals surface area contributed by atoms with E-state index in [-0.39, 0.29) is 17.5 Å². The third kappa shape index (κ3) is 6.16. The molecule has 0 spiro atoms. The molecule has 154 valence electrons. The quantitative estimate of drug-likeness (QED) is 0.644. The van der Waals surface area contributed by atoms with E-state index < -0.39 is 24.0 Å². The summed E-state index contributed by atoms with van der Waals surface area (Å²) in [5, 5.41) is 5.98. The number of imide groups is 1. The van der Waals surface area contributed by atoms with Gasteiger partial charge in [-0.2, -0.15) is 0 Å². The number of aryl methyl sites for hydroxylation is 1. The molecular weight excluding hydrogens is 418 g/mol. The van der Waals surface area contributed by atoms with Gasteiger partial charge in [-0.3, -0.25) is 10.1 Å². The van der Waals surface area contributed by atoms with Crippen molar-refractivity contribution in [2.75, 3.05) is 0 Å². The van der Waals surface area contributed by atoms with E-state index in [1.54, 1.807) is 31.2 Å². The van der Waals surface area contributed by atoms with Crippen LogP contribution in [0, 0.1) is 6.92 Å². The summed E-state index contributed by atoms with van der Waals surface area (Å²) < 4.78 is 10.8. The van der Waals surface area contributed by atoms with Crippen LogP contribution in [-0.4, -0.2) is 35.0 Å². The first-order valence-electron chi connectivity index (χ1n) is 8.99. The van der Waals surface area contributed by atoms with E-state index in [9.17, 15) is 14.4 Å². The summed E-state index contributed by atoms with van der Waals surface area (Å²) in [6.45, 7) is 3.25. The van der Waals surface area contributed by atoms with Crippen LogP contribution in [0.2, 0.25) is 5.02 Å². The third-order valence-electron chi connectivity index (χ3n) is 4.00. The highest BCUT2D eigenvalue weighted by Crippen LogP contribution is 2.22. The van der Waals surface area contributed by atoms with Gasteiger partial charge in [0.05, 0.1) is 5.69 Å². The number of thiazole rings is 1. The number of urea groups is 1. The number of ether oxygens (including phenoxy) is 2. The average Bonchev–Trinajstić information content (AvgIpc) is 3.40. The summed E-state index contributed by atoms with van der Waals surface area (Å²) in [6, 6.07) is 6.42. The van der Waals surface area contributed by atoms with E-state index >= 15 is 0 Å². The summed E-state index contributed by atoms with van der Waals surface area (Å²) in [5.41, 5.74) is 0.480. The fraction of sp³-hybridized carbons (Fsp3) is 0.368. The van der Waals surface area contributed by atoms with Crippen molar-refractivity contribution in [1.29, 1.82) is 0 Å². The van der Waals surface area contributed by atoms with Crippen molar-refractivity contribution in [3.8, 4) is 5.75 Å². The van der Waals surface area contributed by atoms with Crippen LogP contribution < -0.4 is 15.4 Å². The Hall–Kier alpha value is -2.65. The van der Waals surface area contributed by atoms with Gasteiger partial charge >= 0.3 is 12.0 Å². The van der Waals surface area contributed by atoms with E-state index in [1.165, 1.54) is 6.92 Å². The topological polar surface area (TPSA) is 107 Å². The van der Waals surface area contributed by atoms with Crippen LogP contribution in [0.15, 0.2) is 24.3 Å². The number of carbonyl (C=O) groups is 3. The Balaban J connectivity index is 1.52. The molecule has 10 heteroatoms. The number of hydrogen-bond acceptors (Lipinski definition) is 7. The lowest BCUT2D eigenvalue weighted by molar-refractivity contribution is -0.127. The molecule has 2 N–H and O–H groups in total. The lowest BCUT2D eigenvalue weighted by Gasteiger charge is -2.12. The SMILES string of the molecule is Cc1nc(COc2ccc(Cl)cc2)sc1C(=O)OC(C)C(=O)NC(=O)NC1CC1. The smallest absolute Gasteiger partial charge is 0.351 e. The molecule has 1 unspecified atom stereocenters. The molecule has 3 rings (SSSR count). The maximum atomic E-state index is 12.4. The van der Waals surface area contributed by atoms with Gasteiger partial charge in [0, 0.05) is 11.1 Å². The predicted molar refractivity (Wildman–Crippen MR) is 107 cm³/mol. The van der Waals surface area contributed by atoms with E-state index in [0.29, 0.717) is 21.5 Å². The summed E-state index contributed by atoms with van der Waals surface area (Å²) >= 11 is 6.96. The van der Waals surface area contributed by atoms with E-state index in [1.807, 2.05) is 0 Å². The molecule has 1 fully saturated rings. The predicted octanol–water partition coefficient (Wildman–Crippen LogP) is 3.22. The van der Waals surface area contributed by atoms with E-state index in [2.05, 4.69) is 15.6 Å². The Labute approximate surface area is 176 Å². The number of amides is 3. The van der Waals surface area contributed by atoms with Gasteiger partial charge in [0.1, 0.15) is 22.2 Å². The molecule has 1 aromatic heterocycles. The van der Waals surface area contributed by atoms with Gasteiger partial charge in [0.15, 0.2) is 6.10 Å². The Morgan fingerprint density at radius 2 is 1.97 bits per heavy atom. The summed E-state index contributed by atoms with van der Waals surface area (Å²) in [6.07, 6.45) is 0.685. The number of nitrogens with one attached hydrogen (secondary N) is 2. The number of rotatable bonds is 7. The zero-order valence-electron chi connectivity index (χ0n) is 15.9. The van der Waals surface area contributed by atoms with Crippen molar-refractivity contribution in [3.05, 3.63) is 44.9 Å². The second kappa shape index (κ2) is 9.23. The van der Waals surface area contributed by atoms with Crippen molar-refractivity contribution in [3.63, 3.8) is 0 Å². The monoisotopic (exact) mass is 437 g/mol. The van der Waals surface area contributed by atoms with Crippen LogP contribution in [0.3, 0.4) is 0 Å². The molecule has 1 aromatic carbocycles. The zero-order chi connectivity index (χ0) is 21.0. The molecule has 29 heavy (non-hydrogen) atoms. The van der Waals surface area contributed by atoms with Crippen LogP contribution in [-0.2, 0) is 16.1 Å². The molecule has 8 nitrogen and oxygen atoms in total. The number of carbonyl (C=O) groups excluding carboxylic acids is 3. The lowest BCUT2D eigenvalue weighted by Crippen LogP contribution is -2.45. The lowest BCUT2D eigenvalue weighted by atomic mass is 10.3. The Bertz CT molecular complexity index is 911. The summed E-state index contributed by atoms with van der Waals surface area (Å²) in [5.74, 6) is -0.742. The van der Waals surface area contributed by atoms with Crippen molar-refractivity contribution in [2.24, 2.45) is 0 Å². The standard InChI is InChI=1S/C19H20ClN3O5S/c1-10-16(29-15(21-10)9-27-14-7-3-12(20)4-8-14)18(25)28-11(2)17(24)23-19(26)22-13-5-6-13/h3-4,7-8,11,13H,5-6,9H2,1-2H3,(H2,22,23,24,26). The maximum absolute atomic E-state index is 12.4. The maximum Gasteiger partial charge on any atom is 0.351 e. The van der Waals surface area contributed by atoms with Gasteiger partial charge < -0.3 is 14.8 Å². The number of hydrogen-bond donors (Lipinski definition) is 2. The van der Waals surface area contributed by atoms with Crippen LogP contribution >= 0.6 is 22.9 Å². The fourth-order valence-electron chi connectivity index (χ4n) is 2.31. The van der Waals surface area contributed by atoms with Crippen molar-refractivity contribution < 1.29 is 23.9 Å². The molecule has 0 aliphatic heterocycles. The van der Waals surface area contributed by atoms with Crippen molar-refractivity contribution in [1.82, 2.24) is 15.6 Å². The second-order valence-electron chi connectivity index (χ2n) is 6.55. The Kier molecular flexibility index (Phi) is 6.71. The minimum atomic E-state index is -1.12. The van der Waals surface area contributed by atoms with Crippen LogP contribution in [0.4, 0.5) is 4.79 Å². The van der Waals surface area contributed by atoms with Crippen molar-refractivity contribution in [2.45, 2.75) is 45.4 Å². The fourth-order valence-corrected chi connectivity index (χ4v) is 3.30. The van der Waals surface area contributed by atoms with Gasteiger partial charge in [0.2, 0.25) is 0 Å². The summed E-state index contributed by atoms with van der Waals surface area (Å²) in [7, 11) is 0. The largest absolute Gasteiger partial charge is 0.486 e. The van der Waals surface area contributed by atoms with E-state index in [0.717, 1.165) is 24.2 Å². The molecule has 0 bridgehead atoms. The first-order valence-corrected chi connectivity index (χ1v) is 10.2. The van der Waals surface area contributed by atoms with Gasteiger partial charge in [-0.15, -0.1) is 11.3 Å². The first kappa shape index (κ1) is 21.1. The second-order valence-corrected chi connectivity index (χ2v) is 8.07. The van der Waals surface area contributed by atoms with Gasteiger partial charge in [-0.25, -0.2) is 14.6 Å². The number of benzene rings is 1. The highest BCUT2D eigenvalue weighted by atomic mass is 35.5. The minimum Gasteiger partial charge on any atom is -0.486 e. The summed E-state index contributed by atoms with van der Waals surface area (Å²) in [4.78, 5) is 40.6. The zero-order valence-corrected chi connectivity index (χ0v) is 17.4.